The van der Waals surface area contributed by atoms with E-state index in [1.165, 1.54) is 6.07 Å². The Morgan fingerprint density at radius 2 is 1.90 bits per heavy atom. The topological polar surface area (TPSA) is 64.4 Å². The van der Waals surface area contributed by atoms with Gasteiger partial charge in [0, 0.05) is 23.9 Å². The number of nitrogens with zero attached hydrogens (tertiary/aromatic N) is 1. The molecule has 1 N–H and O–H groups in total. The summed E-state index contributed by atoms with van der Waals surface area (Å²) in [6, 6.07) is 12.8. The number of rotatable bonds is 6. The van der Waals surface area contributed by atoms with E-state index < -0.39 is 0 Å². The molecule has 0 spiro atoms. The third-order valence-corrected chi connectivity index (χ3v) is 3.26. The fourth-order valence-corrected chi connectivity index (χ4v) is 2.09. The Morgan fingerprint density at radius 3 is 2.52 bits per heavy atom. The van der Waals surface area contributed by atoms with Gasteiger partial charge in [0.05, 0.1) is 11.5 Å². The second-order valence-electron chi connectivity index (χ2n) is 4.63. The van der Waals surface area contributed by atoms with Crippen molar-refractivity contribution in [1.82, 2.24) is 0 Å². The summed E-state index contributed by atoms with van der Waals surface area (Å²) in [4.78, 5) is 10.6. The first-order valence-corrected chi connectivity index (χ1v) is 6.81. The zero-order chi connectivity index (χ0) is 15.2. The minimum absolute atomic E-state index is 0.154. The molecule has 5 heteroatoms. The highest BCUT2D eigenvalue weighted by Crippen LogP contribution is 2.22. The van der Waals surface area contributed by atoms with Crippen molar-refractivity contribution in [2.24, 2.45) is 0 Å². The Kier molecular flexibility index (Phi) is 4.77. The normalized spacial score (nSPS) is 10.2. The average molecular weight is 286 g/mol. The maximum absolute atomic E-state index is 10.9. The Labute approximate surface area is 123 Å². The second-order valence-corrected chi connectivity index (χ2v) is 4.63. The predicted octanol–water partition coefficient (Wildman–Crippen LogP) is 3.91. The van der Waals surface area contributed by atoms with Gasteiger partial charge in [-0.15, -0.1) is 0 Å². The van der Waals surface area contributed by atoms with E-state index in [0.29, 0.717) is 18.7 Å². The molecule has 2 aromatic rings. The molecule has 2 rings (SSSR count). The SMILES string of the molecule is CCOc1ccc(NCc2cccc([N+](=O)[O-])c2C)cc1. The van der Waals surface area contributed by atoms with Gasteiger partial charge in [-0.3, -0.25) is 10.1 Å². The monoisotopic (exact) mass is 286 g/mol. The molecule has 2 aromatic carbocycles. The first-order chi connectivity index (χ1) is 10.1. The number of hydrogen-bond donors (Lipinski definition) is 1. The van der Waals surface area contributed by atoms with Crippen molar-refractivity contribution in [1.29, 1.82) is 0 Å². The lowest BCUT2D eigenvalue weighted by Crippen LogP contribution is -2.03. The van der Waals surface area contributed by atoms with Crippen LogP contribution in [0.1, 0.15) is 18.1 Å². The molecule has 0 aliphatic heterocycles. The fourth-order valence-electron chi connectivity index (χ4n) is 2.09. The molecule has 0 heterocycles. The van der Waals surface area contributed by atoms with Crippen LogP contribution in [0, 0.1) is 17.0 Å². The Hall–Kier alpha value is -2.56. The van der Waals surface area contributed by atoms with Crippen molar-refractivity contribution in [2.45, 2.75) is 20.4 Å². The predicted molar refractivity (Wildman–Crippen MR) is 82.8 cm³/mol. The van der Waals surface area contributed by atoms with Crippen molar-refractivity contribution in [3.05, 3.63) is 63.7 Å². The minimum atomic E-state index is -0.351. The molecule has 0 atom stereocenters. The van der Waals surface area contributed by atoms with Crippen LogP contribution in [0.15, 0.2) is 42.5 Å². The number of ether oxygens (including phenoxy) is 1. The molecule has 21 heavy (non-hydrogen) atoms. The van der Waals surface area contributed by atoms with Crippen LogP contribution in [0.2, 0.25) is 0 Å². The zero-order valence-corrected chi connectivity index (χ0v) is 12.1. The quantitative estimate of drug-likeness (QED) is 0.646. The molecule has 0 saturated carbocycles. The van der Waals surface area contributed by atoms with Gasteiger partial charge < -0.3 is 10.1 Å². The summed E-state index contributed by atoms with van der Waals surface area (Å²) in [7, 11) is 0. The third kappa shape index (κ3) is 3.72. The first-order valence-electron chi connectivity index (χ1n) is 6.81. The molecule has 0 amide bonds. The standard InChI is InChI=1S/C16H18N2O3/c1-3-21-15-9-7-14(8-10-15)17-11-13-5-4-6-16(12(13)2)18(19)20/h4-10,17H,3,11H2,1-2H3. The summed E-state index contributed by atoms with van der Waals surface area (Å²) >= 11 is 0. The van der Waals surface area contributed by atoms with Crippen molar-refractivity contribution in [3.63, 3.8) is 0 Å². The molecule has 0 unspecified atom stereocenters. The number of hydrogen-bond acceptors (Lipinski definition) is 4. The van der Waals surface area contributed by atoms with Gasteiger partial charge >= 0.3 is 0 Å². The van der Waals surface area contributed by atoms with E-state index in [0.717, 1.165) is 17.0 Å². The number of nitro groups is 1. The lowest BCUT2D eigenvalue weighted by molar-refractivity contribution is -0.385. The summed E-state index contributed by atoms with van der Waals surface area (Å²) in [6.07, 6.45) is 0. The first kappa shape index (κ1) is 14.8. The minimum Gasteiger partial charge on any atom is -0.494 e. The van der Waals surface area contributed by atoms with Gasteiger partial charge in [-0.05, 0) is 43.7 Å². The molecule has 0 aliphatic rings. The van der Waals surface area contributed by atoms with Crippen molar-refractivity contribution < 1.29 is 9.66 Å². The van der Waals surface area contributed by atoms with E-state index in [-0.39, 0.29) is 10.6 Å². The van der Waals surface area contributed by atoms with Crippen molar-refractivity contribution in [3.8, 4) is 5.75 Å². The van der Waals surface area contributed by atoms with Crippen LogP contribution < -0.4 is 10.1 Å². The summed E-state index contributed by atoms with van der Waals surface area (Å²) in [5, 5.41) is 14.2. The molecule has 5 nitrogen and oxygen atoms in total. The lowest BCUT2D eigenvalue weighted by atomic mass is 10.1. The molecule has 110 valence electrons. The third-order valence-electron chi connectivity index (χ3n) is 3.26. The van der Waals surface area contributed by atoms with Crippen molar-refractivity contribution >= 4 is 11.4 Å². The van der Waals surface area contributed by atoms with Gasteiger partial charge in [-0.1, -0.05) is 12.1 Å². The summed E-state index contributed by atoms with van der Waals surface area (Å²) in [5.74, 6) is 0.828. The van der Waals surface area contributed by atoms with E-state index in [2.05, 4.69) is 5.32 Å². The van der Waals surface area contributed by atoms with E-state index >= 15 is 0 Å². The fraction of sp³-hybridized carbons (Fsp3) is 0.250. The van der Waals surface area contributed by atoms with E-state index in [1.54, 1.807) is 13.0 Å². The highest BCUT2D eigenvalue weighted by atomic mass is 16.6. The maximum atomic E-state index is 10.9. The number of benzene rings is 2. The zero-order valence-electron chi connectivity index (χ0n) is 12.1. The van der Waals surface area contributed by atoms with Crippen LogP contribution >= 0.6 is 0 Å². The molecule has 0 fully saturated rings. The highest BCUT2D eigenvalue weighted by molar-refractivity contribution is 5.49. The van der Waals surface area contributed by atoms with Crippen LogP contribution in [0.5, 0.6) is 5.75 Å². The maximum Gasteiger partial charge on any atom is 0.272 e. The Balaban J connectivity index is 2.06. The van der Waals surface area contributed by atoms with Gasteiger partial charge in [0.1, 0.15) is 5.75 Å². The largest absolute Gasteiger partial charge is 0.494 e. The Morgan fingerprint density at radius 1 is 1.19 bits per heavy atom. The van der Waals surface area contributed by atoms with E-state index in [4.69, 9.17) is 4.74 Å². The van der Waals surface area contributed by atoms with E-state index in [9.17, 15) is 10.1 Å². The van der Waals surface area contributed by atoms with Gasteiger partial charge in [-0.2, -0.15) is 0 Å². The lowest BCUT2D eigenvalue weighted by Gasteiger charge is -2.10. The van der Waals surface area contributed by atoms with Crippen molar-refractivity contribution in [2.75, 3.05) is 11.9 Å². The van der Waals surface area contributed by atoms with E-state index in [1.807, 2.05) is 37.3 Å². The summed E-state index contributed by atoms with van der Waals surface area (Å²) < 4.78 is 5.38. The number of nitrogens with one attached hydrogen (secondary N) is 1. The highest BCUT2D eigenvalue weighted by Gasteiger charge is 2.12. The van der Waals surface area contributed by atoms with Gasteiger partial charge in [0.15, 0.2) is 0 Å². The van der Waals surface area contributed by atoms with Gasteiger partial charge in [0.2, 0.25) is 0 Å². The number of anilines is 1. The van der Waals surface area contributed by atoms with Crippen LogP contribution in [-0.4, -0.2) is 11.5 Å². The molecular weight excluding hydrogens is 268 g/mol. The second kappa shape index (κ2) is 6.74. The molecule has 0 bridgehead atoms. The van der Waals surface area contributed by atoms with Crippen LogP contribution in [0.4, 0.5) is 11.4 Å². The van der Waals surface area contributed by atoms with Gasteiger partial charge in [0.25, 0.3) is 5.69 Å². The molecule has 0 radical (unpaired) electrons. The molecule has 0 aromatic heterocycles. The molecule has 0 aliphatic carbocycles. The van der Waals surface area contributed by atoms with Crippen LogP contribution in [0.25, 0.3) is 0 Å². The summed E-state index contributed by atoms with van der Waals surface area (Å²) in [6.45, 7) is 4.89. The molecule has 0 saturated heterocycles. The smallest absolute Gasteiger partial charge is 0.272 e. The average Bonchev–Trinajstić information content (AvgIpc) is 2.48. The van der Waals surface area contributed by atoms with Crippen LogP contribution in [0.3, 0.4) is 0 Å². The summed E-state index contributed by atoms with van der Waals surface area (Å²) in [5.41, 5.74) is 2.71. The Bertz CT molecular complexity index is 624. The van der Waals surface area contributed by atoms with Gasteiger partial charge in [-0.25, -0.2) is 0 Å². The van der Waals surface area contributed by atoms with Crippen LogP contribution in [-0.2, 0) is 6.54 Å². The molecular formula is C16H18N2O3. The number of nitro benzene ring substituents is 1.